The van der Waals surface area contributed by atoms with Crippen LogP contribution in [0.15, 0.2) is 59.7 Å². The molecular weight excluding hydrogens is 434 g/mol. The van der Waals surface area contributed by atoms with Crippen LogP contribution in [0.25, 0.3) is 0 Å². The van der Waals surface area contributed by atoms with Crippen LogP contribution in [0.5, 0.6) is 0 Å². The van der Waals surface area contributed by atoms with Gasteiger partial charge >= 0.3 is 0 Å². The third-order valence-electron chi connectivity index (χ3n) is 5.76. The monoisotopic (exact) mass is 461 g/mol. The Morgan fingerprint density at radius 1 is 1.03 bits per heavy atom. The summed E-state index contributed by atoms with van der Waals surface area (Å²) in [6, 6.07) is 17.7. The summed E-state index contributed by atoms with van der Waals surface area (Å²) in [5.74, 6) is 0.0118. The molecule has 0 saturated carbocycles. The lowest BCUT2D eigenvalue weighted by atomic mass is 9.91. The van der Waals surface area contributed by atoms with Crippen molar-refractivity contribution in [1.29, 1.82) is 0 Å². The van der Waals surface area contributed by atoms with Gasteiger partial charge in [0, 0.05) is 24.0 Å². The van der Waals surface area contributed by atoms with Crippen LogP contribution in [0.3, 0.4) is 0 Å². The first-order chi connectivity index (χ1) is 15.0. The second kappa shape index (κ2) is 9.67. The fourth-order valence-corrected chi connectivity index (χ4v) is 5.64. The zero-order chi connectivity index (χ0) is 21.8. The van der Waals surface area contributed by atoms with Gasteiger partial charge < -0.3 is 0 Å². The summed E-state index contributed by atoms with van der Waals surface area (Å²) < 4.78 is 30.2. The fourth-order valence-electron chi connectivity index (χ4n) is 4.10. The zero-order valence-corrected chi connectivity index (χ0v) is 19.1. The van der Waals surface area contributed by atoms with Crippen molar-refractivity contribution in [2.75, 3.05) is 26.7 Å². The van der Waals surface area contributed by atoms with E-state index in [4.69, 9.17) is 16.7 Å². The zero-order valence-electron chi connectivity index (χ0n) is 17.5. The van der Waals surface area contributed by atoms with E-state index in [1.54, 1.807) is 12.1 Å². The number of hydrazone groups is 1. The van der Waals surface area contributed by atoms with Crippen molar-refractivity contribution in [2.24, 2.45) is 5.10 Å². The van der Waals surface area contributed by atoms with Gasteiger partial charge in [0.15, 0.2) is 6.29 Å². The summed E-state index contributed by atoms with van der Waals surface area (Å²) in [6.45, 7) is 1.66. The van der Waals surface area contributed by atoms with E-state index in [-0.39, 0.29) is 5.92 Å². The second-order valence-corrected chi connectivity index (χ2v) is 9.99. The van der Waals surface area contributed by atoms with Crippen LogP contribution in [0, 0.1) is 0 Å². The molecule has 1 unspecified atom stereocenters. The third kappa shape index (κ3) is 5.10. The molecule has 0 spiro atoms. The molecule has 0 aliphatic carbocycles. The van der Waals surface area contributed by atoms with Gasteiger partial charge in [-0.05, 0) is 43.1 Å². The Bertz CT molecular complexity index is 1010. The van der Waals surface area contributed by atoms with Crippen LogP contribution < -0.4 is 10.0 Å². The van der Waals surface area contributed by atoms with Gasteiger partial charge in [0.25, 0.3) is 10.2 Å². The molecule has 166 valence electrons. The van der Waals surface area contributed by atoms with E-state index in [1.807, 2.05) is 42.5 Å². The Kier molecular flexibility index (Phi) is 6.93. The molecule has 4 rings (SSSR count). The number of piperidine rings is 1. The van der Waals surface area contributed by atoms with Crippen molar-refractivity contribution < 1.29 is 8.42 Å². The molecule has 0 bridgehead atoms. The number of benzene rings is 2. The molecule has 0 aromatic heterocycles. The number of rotatable bonds is 7. The first-order valence-electron chi connectivity index (χ1n) is 10.6. The molecule has 0 amide bonds. The minimum atomic E-state index is -3.61. The Morgan fingerprint density at radius 2 is 1.71 bits per heavy atom. The molecule has 2 atom stereocenters. The van der Waals surface area contributed by atoms with Gasteiger partial charge in [0.05, 0.1) is 12.3 Å². The molecule has 2 heterocycles. The van der Waals surface area contributed by atoms with Crippen LogP contribution in [0.4, 0.5) is 0 Å². The van der Waals surface area contributed by atoms with Gasteiger partial charge in [-0.3, -0.25) is 10.3 Å². The maximum absolute atomic E-state index is 12.9. The predicted octanol–water partition coefficient (Wildman–Crippen LogP) is 2.97. The molecule has 0 radical (unpaired) electrons. The molecule has 2 aromatic carbocycles. The summed E-state index contributed by atoms with van der Waals surface area (Å²) >= 11 is 6.08. The average Bonchev–Trinajstić information content (AvgIpc) is 3.24. The van der Waals surface area contributed by atoms with Gasteiger partial charge in [-0.2, -0.15) is 22.5 Å². The smallest absolute Gasteiger partial charge is 0.282 e. The number of halogens is 1. The van der Waals surface area contributed by atoms with E-state index in [0.717, 1.165) is 36.1 Å². The number of hydrogen-bond donors (Lipinski definition) is 2. The summed E-state index contributed by atoms with van der Waals surface area (Å²) in [5, 5.41) is 10.4. The molecule has 9 heteroatoms. The highest BCUT2D eigenvalue weighted by atomic mass is 35.5. The van der Waals surface area contributed by atoms with Gasteiger partial charge in [-0.15, -0.1) is 0 Å². The van der Waals surface area contributed by atoms with E-state index in [2.05, 4.69) is 22.2 Å². The summed E-state index contributed by atoms with van der Waals surface area (Å²) in [6.07, 6.45) is 2.21. The molecule has 1 fully saturated rings. The van der Waals surface area contributed by atoms with Crippen LogP contribution in [0.1, 0.15) is 36.3 Å². The Labute approximate surface area is 189 Å². The quantitative estimate of drug-likeness (QED) is 0.621. The number of nitrogens with one attached hydrogen (secondary N) is 2. The van der Waals surface area contributed by atoms with E-state index in [9.17, 15) is 8.42 Å². The van der Waals surface area contributed by atoms with Gasteiger partial charge in [-0.25, -0.2) is 0 Å². The Balaban J connectivity index is 1.61. The predicted molar refractivity (Wildman–Crippen MR) is 124 cm³/mol. The normalized spacial score (nSPS) is 21.2. The van der Waals surface area contributed by atoms with Crippen molar-refractivity contribution in [3.05, 3.63) is 70.7 Å². The van der Waals surface area contributed by atoms with E-state index >= 15 is 0 Å². The fraction of sp³-hybridized carbons (Fsp3) is 0.409. The van der Waals surface area contributed by atoms with Gasteiger partial charge in [0.2, 0.25) is 0 Å². The highest BCUT2D eigenvalue weighted by Crippen LogP contribution is 2.30. The lowest BCUT2D eigenvalue weighted by Gasteiger charge is -2.31. The molecular formula is C22H28ClN5O2S. The lowest BCUT2D eigenvalue weighted by molar-refractivity contribution is 0.178. The minimum absolute atomic E-state index is 0.0118. The first-order valence-corrected chi connectivity index (χ1v) is 12.4. The molecule has 7 nitrogen and oxygen atoms in total. The van der Waals surface area contributed by atoms with Crippen LogP contribution >= 0.6 is 11.6 Å². The molecule has 1 saturated heterocycles. The van der Waals surface area contributed by atoms with Crippen LogP contribution in [-0.4, -0.2) is 56.4 Å². The Hall–Kier alpha value is -1.97. The van der Waals surface area contributed by atoms with Crippen molar-refractivity contribution >= 4 is 27.5 Å². The van der Waals surface area contributed by atoms with Crippen molar-refractivity contribution in [3.63, 3.8) is 0 Å². The SMILES string of the molecule is CNC(NS(=O)(=O)N1CCCCC1)N1C[C@H](c2ccccc2)C(c2ccc(Cl)cc2)=N1. The van der Waals surface area contributed by atoms with Crippen LogP contribution in [-0.2, 0) is 10.2 Å². The number of hydrogen-bond acceptors (Lipinski definition) is 5. The average molecular weight is 462 g/mol. The Morgan fingerprint density at radius 3 is 2.35 bits per heavy atom. The number of nitrogens with zero attached hydrogens (tertiary/aromatic N) is 3. The highest BCUT2D eigenvalue weighted by Gasteiger charge is 2.35. The molecule has 31 heavy (non-hydrogen) atoms. The standard InChI is InChI=1S/C22H28ClN5O2S/c1-24-22(26-31(29,30)27-14-6-3-7-15-27)28-16-20(17-8-4-2-5-9-17)21(25-28)18-10-12-19(23)13-11-18/h2,4-5,8-13,20,22,24,26H,3,6-7,14-16H2,1H3/t20-,22?/m1/s1. The summed E-state index contributed by atoms with van der Waals surface area (Å²) in [7, 11) is -1.88. The third-order valence-corrected chi connectivity index (χ3v) is 7.58. The first kappa shape index (κ1) is 22.2. The summed E-state index contributed by atoms with van der Waals surface area (Å²) in [5.41, 5.74) is 2.99. The molecule has 2 aliphatic heterocycles. The van der Waals surface area contributed by atoms with Gasteiger partial charge in [0.1, 0.15) is 0 Å². The maximum Gasteiger partial charge on any atom is 0.282 e. The highest BCUT2D eigenvalue weighted by molar-refractivity contribution is 7.87. The largest absolute Gasteiger partial charge is 0.286 e. The molecule has 2 aromatic rings. The topological polar surface area (TPSA) is 77.0 Å². The van der Waals surface area contributed by atoms with Gasteiger partial charge in [-0.1, -0.05) is 60.5 Å². The molecule has 2 N–H and O–H groups in total. The van der Waals surface area contributed by atoms with Crippen molar-refractivity contribution in [3.8, 4) is 0 Å². The van der Waals surface area contributed by atoms with Crippen LogP contribution in [0.2, 0.25) is 5.02 Å². The lowest BCUT2D eigenvalue weighted by Crippen LogP contribution is -2.57. The van der Waals surface area contributed by atoms with Crippen molar-refractivity contribution in [1.82, 2.24) is 19.4 Å². The second-order valence-electron chi connectivity index (χ2n) is 7.85. The maximum atomic E-state index is 12.9. The van der Waals surface area contributed by atoms with E-state index in [1.165, 1.54) is 4.31 Å². The molecule has 2 aliphatic rings. The minimum Gasteiger partial charge on any atom is -0.286 e. The van der Waals surface area contributed by atoms with E-state index in [0.29, 0.717) is 24.7 Å². The van der Waals surface area contributed by atoms with E-state index < -0.39 is 16.5 Å². The summed E-state index contributed by atoms with van der Waals surface area (Å²) in [4.78, 5) is 0. The van der Waals surface area contributed by atoms with Crippen molar-refractivity contribution in [2.45, 2.75) is 31.5 Å².